The van der Waals surface area contributed by atoms with Crippen LogP contribution in [0.3, 0.4) is 0 Å². The maximum Gasteiger partial charge on any atom is 1.00 e. The van der Waals surface area contributed by atoms with Gasteiger partial charge >= 0.3 is 29.6 Å². The van der Waals surface area contributed by atoms with Crippen LogP contribution in [-0.4, -0.2) is 10.5 Å². The van der Waals surface area contributed by atoms with Crippen molar-refractivity contribution in [2.24, 2.45) is 0 Å². The summed E-state index contributed by atoms with van der Waals surface area (Å²) in [6.07, 6.45) is 1.66. The molecular weight excluding hydrogens is 187 g/mol. The van der Waals surface area contributed by atoms with E-state index >= 15 is 0 Å². The van der Waals surface area contributed by atoms with Crippen molar-refractivity contribution in [2.75, 3.05) is 6.26 Å². The number of hydrogen-bond donors (Lipinski definition) is 1. The summed E-state index contributed by atoms with van der Waals surface area (Å²) in [7, 11) is -0.871. The van der Waals surface area contributed by atoms with Crippen LogP contribution in [0.4, 0.5) is 0 Å². The fraction of sp³-hybridized carbons (Fsp3) is 0.143. The van der Waals surface area contributed by atoms with Gasteiger partial charge in [0.25, 0.3) is 0 Å². The maximum absolute atomic E-state index is 10.8. The number of benzene rings is 1. The van der Waals surface area contributed by atoms with Gasteiger partial charge < -0.3 is 0 Å². The Balaban J connectivity index is 0.000001000. The van der Waals surface area contributed by atoms with Crippen molar-refractivity contribution in [1.29, 1.82) is 0 Å². The van der Waals surface area contributed by atoms with Gasteiger partial charge in [-0.25, -0.2) is 0 Å². The average molecular weight is 195 g/mol. The molecule has 0 saturated heterocycles. The van der Waals surface area contributed by atoms with E-state index in [1.54, 1.807) is 6.26 Å². The van der Waals surface area contributed by atoms with E-state index in [0.29, 0.717) is 0 Å². The normalized spacial score (nSPS) is 11.8. The Bertz CT molecular complexity index is 245. The molecule has 0 aliphatic carbocycles. The van der Waals surface area contributed by atoms with E-state index in [9.17, 15) is 4.21 Å². The van der Waals surface area contributed by atoms with Crippen LogP contribution < -0.4 is 29.6 Å². The van der Waals surface area contributed by atoms with Gasteiger partial charge in [0, 0.05) is 26.8 Å². The van der Waals surface area contributed by atoms with Gasteiger partial charge in [0.15, 0.2) is 0 Å². The molecule has 0 radical (unpaired) electrons. The third-order valence-electron chi connectivity index (χ3n) is 1.17. The van der Waals surface area contributed by atoms with E-state index in [4.69, 9.17) is 0 Å². The Morgan fingerprint density at radius 1 is 1.27 bits per heavy atom. The zero-order chi connectivity index (χ0) is 7.56. The van der Waals surface area contributed by atoms with Gasteiger partial charge in [0.05, 0.1) is 0 Å². The summed E-state index contributed by atoms with van der Waals surface area (Å²) in [6.45, 7) is 0. The fourth-order valence-corrected chi connectivity index (χ4v) is 1.31. The fourth-order valence-electron chi connectivity index (χ4n) is 0.638. The zero-order valence-corrected chi connectivity index (χ0v) is 10.3. The summed E-state index contributed by atoms with van der Waals surface area (Å²) in [5.74, 6) is 0. The molecule has 11 heavy (non-hydrogen) atoms. The first kappa shape index (κ1) is 11.7. The van der Waals surface area contributed by atoms with Gasteiger partial charge in [0.2, 0.25) is 0 Å². The van der Waals surface area contributed by atoms with E-state index in [2.05, 4.69) is 12.6 Å². The van der Waals surface area contributed by atoms with E-state index in [0.717, 1.165) is 9.79 Å². The topological polar surface area (TPSA) is 17.1 Å². The monoisotopic (exact) mass is 195 g/mol. The molecule has 54 valence electrons. The molecule has 0 bridgehead atoms. The standard InChI is InChI=1S/C7H8OS2.Na/c1-10(8)7-4-2-6(9)3-5-7;/h2-5,9H,1H3;/q;+1. The molecule has 0 amide bonds. The van der Waals surface area contributed by atoms with Crippen LogP contribution in [0.25, 0.3) is 0 Å². The van der Waals surface area contributed by atoms with Crippen molar-refractivity contribution in [3.8, 4) is 0 Å². The molecule has 1 atom stereocenters. The van der Waals surface area contributed by atoms with Crippen molar-refractivity contribution in [3.63, 3.8) is 0 Å². The van der Waals surface area contributed by atoms with Crippen LogP contribution in [0.1, 0.15) is 0 Å². The van der Waals surface area contributed by atoms with Crippen LogP contribution in [0.15, 0.2) is 34.1 Å². The van der Waals surface area contributed by atoms with Gasteiger partial charge in [-0.2, -0.15) is 0 Å². The summed E-state index contributed by atoms with van der Waals surface area (Å²) in [4.78, 5) is 1.74. The molecule has 0 aliphatic heterocycles. The van der Waals surface area contributed by atoms with E-state index in [-0.39, 0.29) is 29.6 Å². The largest absolute Gasteiger partial charge is 1.00 e. The number of thiol groups is 1. The minimum atomic E-state index is -0.871. The smallest absolute Gasteiger partial charge is 0.255 e. The van der Waals surface area contributed by atoms with Crippen molar-refractivity contribution < 1.29 is 33.8 Å². The van der Waals surface area contributed by atoms with Gasteiger partial charge in [-0.3, -0.25) is 4.21 Å². The first-order chi connectivity index (χ1) is 4.70. The van der Waals surface area contributed by atoms with E-state index < -0.39 is 10.8 Å². The van der Waals surface area contributed by atoms with Gasteiger partial charge in [-0.15, -0.1) is 12.6 Å². The Hall–Kier alpha value is 0.720. The Labute approximate surface area is 96.7 Å². The van der Waals surface area contributed by atoms with Crippen LogP contribution >= 0.6 is 12.6 Å². The zero-order valence-electron chi connectivity index (χ0n) is 6.57. The molecular formula is C7H8NaOS2+. The van der Waals surface area contributed by atoms with Crippen LogP contribution in [0, 0.1) is 0 Å². The molecule has 1 nitrogen and oxygen atoms in total. The van der Waals surface area contributed by atoms with E-state index in [1.807, 2.05) is 24.3 Å². The molecule has 0 fully saturated rings. The third-order valence-corrected chi connectivity index (χ3v) is 2.40. The second kappa shape index (κ2) is 5.38. The molecule has 0 aliphatic rings. The molecule has 1 rings (SSSR count). The summed E-state index contributed by atoms with van der Waals surface area (Å²) in [6, 6.07) is 7.30. The number of hydrogen-bond acceptors (Lipinski definition) is 2. The summed E-state index contributed by atoms with van der Waals surface area (Å²) in [5, 5.41) is 0. The number of rotatable bonds is 1. The van der Waals surface area contributed by atoms with Crippen molar-refractivity contribution in [3.05, 3.63) is 24.3 Å². The van der Waals surface area contributed by atoms with Gasteiger partial charge in [-0.1, -0.05) is 0 Å². The second-order valence-corrected chi connectivity index (χ2v) is 3.84. The molecule has 0 saturated carbocycles. The Kier molecular flexibility index (Phi) is 5.73. The SMILES string of the molecule is CS(=O)c1ccc(S)cc1.[Na+]. The molecule has 1 aromatic carbocycles. The molecule has 1 aromatic rings. The van der Waals surface area contributed by atoms with Crippen LogP contribution in [0.5, 0.6) is 0 Å². The first-order valence-electron chi connectivity index (χ1n) is 2.82. The molecule has 0 aromatic heterocycles. The second-order valence-electron chi connectivity index (χ2n) is 1.95. The average Bonchev–Trinajstić information content (AvgIpc) is 1.88. The predicted molar refractivity (Wildman–Crippen MR) is 46.0 cm³/mol. The summed E-state index contributed by atoms with van der Waals surface area (Å²) < 4.78 is 10.8. The Morgan fingerprint density at radius 2 is 1.73 bits per heavy atom. The van der Waals surface area contributed by atoms with E-state index in [1.165, 1.54) is 0 Å². The first-order valence-corrected chi connectivity index (χ1v) is 4.83. The molecule has 0 spiro atoms. The van der Waals surface area contributed by atoms with Crippen LogP contribution in [0.2, 0.25) is 0 Å². The van der Waals surface area contributed by atoms with Gasteiger partial charge in [0.1, 0.15) is 0 Å². The van der Waals surface area contributed by atoms with Gasteiger partial charge in [-0.05, 0) is 24.3 Å². The summed E-state index contributed by atoms with van der Waals surface area (Å²) in [5.41, 5.74) is 0. The van der Waals surface area contributed by atoms with Crippen molar-refractivity contribution in [1.82, 2.24) is 0 Å². The molecule has 0 N–H and O–H groups in total. The minimum absolute atomic E-state index is 0. The Morgan fingerprint density at radius 3 is 2.09 bits per heavy atom. The third kappa shape index (κ3) is 3.76. The van der Waals surface area contributed by atoms with Crippen molar-refractivity contribution in [2.45, 2.75) is 9.79 Å². The van der Waals surface area contributed by atoms with Crippen molar-refractivity contribution >= 4 is 23.4 Å². The summed E-state index contributed by atoms with van der Waals surface area (Å²) >= 11 is 4.10. The predicted octanol–water partition coefficient (Wildman–Crippen LogP) is -1.28. The molecule has 4 heteroatoms. The molecule has 1 unspecified atom stereocenters. The quantitative estimate of drug-likeness (QED) is 0.436. The van der Waals surface area contributed by atoms with Crippen LogP contribution in [-0.2, 0) is 10.8 Å². The minimum Gasteiger partial charge on any atom is -0.255 e. The molecule has 0 heterocycles. The maximum atomic E-state index is 10.8.